The van der Waals surface area contributed by atoms with Crippen molar-refractivity contribution in [1.29, 1.82) is 0 Å². The highest BCUT2D eigenvalue weighted by Gasteiger charge is 2.02. The zero-order valence-corrected chi connectivity index (χ0v) is 12.6. The molecule has 2 rings (SSSR count). The number of hydrogen-bond acceptors (Lipinski definition) is 2. The van der Waals surface area contributed by atoms with Crippen LogP contribution in [0.2, 0.25) is 0 Å². The molecule has 2 aromatic carbocycles. The largest absolute Gasteiger partial charge is 0.492 e. The van der Waals surface area contributed by atoms with Crippen LogP contribution in [0, 0.1) is 0 Å². The summed E-state index contributed by atoms with van der Waals surface area (Å²) in [5.74, 6) is 0.931. The van der Waals surface area contributed by atoms with Crippen LogP contribution in [0.1, 0.15) is 12.5 Å². The van der Waals surface area contributed by atoms with Crippen LogP contribution < -0.4 is 10.1 Å². The molecule has 20 heavy (non-hydrogen) atoms. The SMILES string of the molecule is C[C@H](Cc1ccccc1)NCCOc1ccccc1.Cl. The summed E-state index contributed by atoms with van der Waals surface area (Å²) in [5, 5.41) is 3.48. The van der Waals surface area contributed by atoms with Crippen LogP contribution in [0.4, 0.5) is 0 Å². The molecule has 0 spiro atoms. The minimum Gasteiger partial charge on any atom is -0.492 e. The Balaban J connectivity index is 0.00000200. The second-order valence-electron chi connectivity index (χ2n) is 4.71. The molecule has 108 valence electrons. The Morgan fingerprint density at radius 1 is 0.950 bits per heavy atom. The van der Waals surface area contributed by atoms with Gasteiger partial charge in [0.1, 0.15) is 12.4 Å². The zero-order chi connectivity index (χ0) is 13.3. The van der Waals surface area contributed by atoms with Gasteiger partial charge in [0.2, 0.25) is 0 Å². The summed E-state index contributed by atoms with van der Waals surface area (Å²) in [4.78, 5) is 0. The van der Waals surface area contributed by atoms with Crippen LogP contribution in [0.5, 0.6) is 5.75 Å². The fourth-order valence-electron chi connectivity index (χ4n) is 2.03. The van der Waals surface area contributed by atoms with E-state index < -0.39 is 0 Å². The molecule has 1 atom stereocenters. The fraction of sp³-hybridized carbons (Fsp3) is 0.294. The van der Waals surface area contributed by atoms with Gasteiger partial charge in [-0.2, -0.15) is 0 Å². The number of nitrogens with one attached hydrogen (secondary N) is 1. The Morgan fingerprint density at radius 3 is 2.20 bits per heavy atom. The molecular formula is C17H22ClNO. The molecule has 0 fully saturated rings. The molecular weight excluding hydrogens is 270 g/mol. The third kappa shape index (κ3) is 6.09. The minimum atomic E-state index is 0. The van der Waals surface area contributed by atoms with Gasteiger partial charge in [-0.3, -0.25) is 0 Å². The molecule has 0 saturated carbocycles. The van der Waals surface area contributed by atoms with Crippen molar-refractivity contribution < 1.29 is 4.74 Å². The smallest absolute Gasteiger partial charge is 0.119 e. The van der Waals surface area contributed by atoms with E-state index >= 15 is 0 Å². The summed E-state index contributed by atoms with van der Waals surface area (Å²) in [6.07, 6.45) is 1.05. The molecule has 2 aromatic rings. The average molecular weight is 292 g/mol. The first-order valence-corrected chi connectivity index (χ1v) is 6.80. The normalized spacial score (nSPS) is 11.4. The number of hydrogen-bond donors (Lipinski definition) is 1. The lowest BCUT2D eigenvalue weighted by Gasteiger charge is -2.14. The van der Waals surface area contributed by atoms with Crippen LogP contribution in [0.15, 0.2) is 60.7 Å². The molecule has 0 heterocycles. The van der Waals surface area contributed by atoms with Crippen molar-refractivity contribution in [2.45, 2.75) is 19.4 Å². The minimum absolute atomic E-state index is 0. The van der Waals surface area contributed by atoms with E-state index in [-0.39, 0.29) is 12.4 Å². The zero-order valence-electron chi connectivity index (χ0n) is 11.8. The van der Waals surface area contributed by atoms with E-state index in [0.29, 0.717) is 12.6 Å². The highest BCUT2D eigenvalue weighted by atomic mass is 35.5. The van der Waals surface area contributed by atoms with Crippen molar-refractivity contribution in [3.05, 3.63) is 66.2 Å². The second kappa shape index (κ2) is 9.40. The number of benzene rings is 2. The van der Waals surface area contributed by atoms with E-state index in [4.69, 9.17) is 4.74 Å². The van der Waals surface area contributed by atoms with Gasteiger partial charge in [0.05, 0.1) is 0 Å². The van der Waals surface area contributed by atoms with Crippen molar-refractivity contribution in [3.63, 3.8) is 0 Å². The summed E-state index contributed by atoms with van der Waals surface area (Å²) in [7, 11) is 0. The van der Waals surface area contributed by atoms with Crippen molar-refractivity contribution >= 4 is 12.4 Å². The van der Waals surface area contributed by atoms with Crippen LogP contribution in [0.25, 0.3) is 0 Å². The lowest BCUT2D eigenvalue weighted by molar-refractivity contribution is 0.306. The summed E-state index contributed by atoms with van der Waals surface area (Å²) in [6, 6.07) is 20.9. The molecule has 0 unspecified atom stereocenters. The maximum absolute atomic E-state index is 5.64. The molecule has 0 aliphatic carbocycles. The van der Waals surface area contributed by atoms with Crippen LogP contribution in [-0.4, -0.2) is 19.2 Å². The van der Waals surface area contributed by atoms with Gasteiger partial charge in [0.15, 0.2) is 0 Å². The van der Waals surface area contributed by atoms with Crippen molar-refractivity contribution in [1.82, 2.24) is 5.32 Å². The first-order valence-electron chi connectivity index (χ1n) is 6.80. The lowest BCUT2D eigenvalue weighted by atomic mass is 10.1. The average Bonchev–Trinajstić information content (AvgIpc) is 2.46. The fourth-order valence-corrected chi connectivity index (χ4v) is 2.03. The van der Waals surface area contributed by atoms with Gasteiger partial charge in [-0.15, -0.1) is 12.4 Å². The third-order valence-corrected chi connectivity index (χ3v) is 2.99. The standard InChI is InChI=1S/C17H21NO.ClH/c1-15(14-16-8-4-2-5-9-16)18-12-13-19-17-10-6-3-7-11-17;/h2-11,15,18H,12-14H2,1H3;1H/t15-;/m1./s1. The Morgan fingerprint density at radius 2 is 1.55 bits per heavy atom. The first kappa shape index (κ1) is 16.5. The summed E-state index contributed by atoms with van der Waals surface area (Å²) < 4.78 is 5.64. The van der Waals surface area contributed by atoms with E-state index in [0.717, 1.165) is 18.7 Å². The van der Waals surface area contributed by atoms with E-state index in [9.17, 15) is 0 Å². The number of para-hydroxylation sites is 1. The molecule has 0 bridgehead atoms. The Kier molecular flexibility index (Phi) is 7.78. The van der Waals surface area contributed by atoms with Crippen molar-refractivity contribution in [3.8, 4) is 5.75 Å². The molecule has 0 aliphatic rings. The summed E-state index contributed by atoms with van der Waals surface area (Å²) in [5.41, 5.74) is 1.37. The molecule has 0 radical (unpaired) electrons. The molecule has 3 heteroatoms. The van der Waals surface area contributed by atoms with Gasteiger partial charge in [0.25, 0.3) is 0 Å². The number of rotatable bonds is 7. The monoisotopic (exact) mass is 291 g/mol. The maximum atomic E-state index is 5.64. The van der Waals surface area contributed by atoms with E-state index in [1.165, 1.54) is 5.56 Å². The first-order chi connectivity index (χ1) is 9.34. The highest BCUT2D eigenvalue weighted by molar-refractivity contribution is 5.85. The van der Waals surface area contributed by atoms with E-state index in [1.54, 1.807) is 0 Å². The quantitative estimate of drug-likeness (QED) is 0.785. The molecule has 2 nitrogen and oxygen atoms in total. The predicted octanol–water partition coefficient (Wildman–Crippen LogP) is 3.71. The Labute approximate surface area is 127 Å². The second-order valence-corrected chi connectivity index (χ2v) is 4.71. The lowest BCUT2D eigenvalue weighted by Crippen LogP contribution is -2.31. The van der Waals surface area contributed by atoms with Crippen molar-refractivity contribution in [2.75, 3.05) is 13.2 Å². The number of halogens is 1. The Bertz CT molecular complexity index is 461. The van der Waals surface area contributed by atoms with Gasteiger partial charge in [-0.25, -0.2) is 0 Å². The Hall–Kier alpha value is -1.51. The van der Waals surface area contributed by atoms with Gasteiger partial charge in [-0.05, 0) is 31.0 Å². The van der Waals surface area contributed by atoms with E-state index in [1.807, 2.05) is 30.3 Å². The van der Waals surface area contributed by atoms with Gasteiger partial charge >= 0.3 is 0 Å². The van der Waals surface area contributed by atoms with Gasteiger partial charge in [0, 0.05) is 12.6 Å². The molecule has 0 aliphatic heterocycles. The molecule has 0 aromatic heterocycles. The molecule has 0 saturated heterocycles. The van der Waals surface area contributed by atoms with Crippen LogP contribution in [0.3, 0.4) is 0 Å². The number of ether oxygens (including phenoxy) is 1. The van der Waals surface area contributed by atoms with Gasteiger partial charge in [-0.1, -0.05) is 48.5 Å². The van der Waals surface area contributed by atoms with E-state index in [2.05, 4.69) is 42.6 Å². The molecule has 1 N–H and O–H groups in total. The van der Waals surface area contributed by atoms with Crippen LogP contribution in [-0.2, 0) is 6.42 Å². The predicted molar refractivity (Wildman–Crippen MR) is 86.8 cm³/mol. The topological polar surface area (TPSA) is 21.3 Å². The highest BCUT2D eigenvalue weighted by Crippen LogP contribution is 2.07. The van der Waals surface area contributed by atoms with Gasteiger partial charge < -0.3 is 10.1 Å². The summed E-state index contributed by atoms with van der Waals surface area (Å²) >= 11 is 0. The summed E-state index contributed by atoms with van der Waals surface area (Å²) in [6.45, 7) is 3.77. The van der Waals surface area contributed by atoms with Crippen molar-refractivity contribution in [2.24, 2.45) is 0 Å². The van der Waals surface area contributed by atoms with Crippen LogP contribution >= 0.6 is 12.4 Å². The third-order valence-electron chi connectivity index (χ3n) is 2.99. The maximum Gasteiger partial charge on any atom is 0.119 e. The molecule has 0 amide bonds.